The van der Waals surface area contributed by atoms with E-state index in [0.717, 1.165) is 5.69 Å². The molecule has 114 valence electrons. The van der Waals surface area contributed by atoms with Crippen LogP contribution in [0.1, 0.15) is 5.56 Å². The number of benzene rings is 3. The molecule has 0 heterocycles. The molecule has 0 bridgehead atoms. The maximum Gasteiger partial charge on any atom is 0.139 e. The standard InChI is InChI=1S/C19H15FN2O/c20-16-12-11-15(14-21-22-17-7-3-1-4-8-17)19(13-16)23-18-9-5-2-6-10-18/h1-14,22H. The number of hydrogen-bond donors (Lipinski definition) is 1. The highest BCUT2D eigenvalue weighted by Crippen LogP contribution is 2.25. The van der Waals surface area contributed by atoms with Crippen LogP contribution >= 0.6 is 0 Å². The van der Waals surface area contributed by atoms with Crippen LogP contribution in [0.5, 0.6) is 11.5 Å². The molecule has 0 spiro atoms. The molecule has 0 aliphatic rings. The van der Waals surface area contributed by atoms with Gasteiger partial charge in [-0.05, 0) is 36.4 Å². The second-order valence-corrected chi connectivity index (χ2v) is 4.83. The number of hydrogen-bond acceptors (Lipinski definition) is 3. The molecule has 23 heavy (non-hydrogen) atoms. The van der Waals surface area contributed by atoms with E-state index in [9.17, 15) is 4.39 Å². The van der Waals surface area contributed by atoms with Gasteiger partial charge in [0.05, 0.1) is 11.9 Å². The van der Waals surface area contributed by atoms with Crippen LogP contribution in [0.15, 0.2) is 84.0 Å². The van der Waals surface area contributed by atoms with Crippen LogP contribution in [0, 0.1) is 5.82 Å². The highest BCUT2D eigenvalue weighted by Gasteiger charge is 2.05. The Kier molecular flexibility index (Phi) is 4.64. The fourth-order valence-electron chi connectivity index (χ4n) is 2.01. The van der Waals surface area contributed by atoms with Crippen LogP contribution in [-0.2, 0) is 0 Å². The van der Waals surface area contributed by atoms with Crippen molar-refractivity contribution in [3.8, 4) is 11.5 Å². The number of anilines is 1. The molecule has 3 nitrogen and oxygen atoms in total. The van der Waals surface area contributed by atoms with Crippen LogP contribution in [0.4, 0.5) is 10.1 Å². The fourth-order valence-corrected chi connectivity index (χ4v) is 2.01. The van der Waals surface area contributed by atoms with Crippen molar-refractivity contribution in [1.82, 2.24) is 0 Å². The monoisotopic (exact) mass is 306 g/mol. The summed E-state index contributed by atoms with van der Waals surface area (Å²) in [7, 11) is 0. The van der Waals surface area contributed by atoms with Gasteiger partial charge in [0.15, 0.2) is 0 Å². The van der Waals surface area contributed by atoms with Gasteiger partial charge in [-0.1, -0.05) is 36.4 Å². The zero-order valence-electron chi connectivity index (χ0n) is 12.3. The first-order chi connectivity index (χ1) is 11.3. The highest BCUT2D eigenvalue weighted by molar-refractivity contribution is 5.84. The molecule has 3 rings (SSSR count). The van der Waals surface area contributed by atoms with Crippen molar-refractivity contribution in [2.24, 2.45) is 5.10 Å². The van der Waals surface area contributed by atoms with E-state index in [-0.39, 0.29) is 5.82 Å². The lowest BCUT2D eigenvalue weighted by Gasteiger charge is -2.08. The summed E-state index contributed by atoms with van der Waals surface area (Å²) in [5, 5.41) is 4.17. The summed E-state index contributed by atoms with van der Waals surface area (Å²) in [5.41, 5.74) is 4.47. The number of ether oxygens (including phenoxy) is 1. The Morgan fingerprint density at radius 1 is 0.870 bits per heavy atom. The van der Waals surface area contributed by atoms with E-state index in [1.54, 1.807) is 12.3 Å². The first-order valence-corrected chi connectivity index (χ1v) is 7.18. The summed E-state index contributed by atoms with van der Waals surface area (Å²) in [6, 6.07) is 23.2. The fraction of sp³-hybridized carbons (Fsp3) is 0. The van der Waals surface area contributed by atoms with Crippen molar-refractivity contribution in [2.45, 2.75) is 0 Å². The van der Waals surface area contributed by atoms with E-state index >= 15 is 0 Å². The quantitative estimate of drug-likeness (QED) is 0.528. The number of nitrogens with one attached hydrogen (secondary N) is 1. The largest absolute Gasteiger partial charge is 0.457 e. The maximum atomic E-state index is 13.5. The van der Waals surface area contributed by atoms with Crippen molar-refractivity contribution in [3.63, 3.8) is 0 Å². The lowest BCUT2D eigenvalue weighted by molar-refractivity contribution is 0.476. The molecule has 0 aromatic heterocycles. The molecule has 0 saturated heterocycles. The van der Waals surface area contributed by atoms with Gasteiger partial charge in [-0.2, -0.15) is 5.10 Å². The third-order valence-corrected chi connectivity index (χ3v) is 3.12. The predicted octanol–water partition coefficient (Wildman–Crippen LogP) is 5.06. The van der Waals surface area contributed by atoms with E-state index in [0.29, 0.717) is 17.1 Å². The Bertz CT molecular complexity index is 789. The molecule has 1 N–H and O–H groups in total. The number of hydrazone groups is 1. The molecule has 3 aromatic rings. The van der Waals surface area contributed by atoms with Gasteiger partial charge >= 0.3 is 0 Å². The summed E-state index contributed by atoms with van der Waals surface area (Å²) in [6.07, 6.45) is 1.60. The third kappa shape index (κ3) is 4.17. The van der Waals surface area contributed by atoms with Gasteiger partial charge in [0.2, 0.25) is 0 Å². The van der Waals surface area contributed by atoms with Crippen LogP contribution in [0.2, 0.25) is 0 Å². The SMILES string of the molecule is Fc1ccc(C=NNc2ccccc2)c(Oc2ccccc2)c1. The molecule has 4 heteroatoms. The molecule has 0 fully saturated rings. The molecule has 0 aliphatic carbocycles. The third-order valence-electron chi connectivity index (χ3n) is 3.12. The lowest BCUT2D eigenvalue weighted by atomic mass is 10.2. The van der Waals surface area contributed by atoms with Gasteiger partial charge in [-0.25, -0.2) is 4.39 Å². The first kappa shape index (κ1) is 14.8. The Morgan fingerprint density at radius 3 is 2.30 bits per heavy atom. The summed E-state index contributed by atoms with van der Waals surface area (Å²) in [5.74, 6) is 0.697. The van der Waals surface area contributed by atoms with Gasteiger partial charge in [-0.3, -0.25) is 5.43 Å². The molecular formula is C19H15FN2O. The van der Waals surface area contributed by atoms with Gasteiger partial charge in [0, 0.05) is 11.6 Å². The molecular weight excluding hydrogens is 291 g/mol. The van der Waals surface area contributed by atoms with E-state index in [2.05, 4.69) is 10.5 Å². The lowest BCUT2D eigenvalue weighted by Crippen LogP contribution is -1.94. The Morgan fingerprint density at radius 2 is 1.57 bits per heavy atom. The molecule has 0 radical (unpaired) electrons. The van der Waals surface area contributed by atoms with Crippen LogP contribution in [0.25, 0.3) is 0 Å². The topological polar surface area (TPSA) is 33.6 Å². The number of rotatable bonds is 5. The van der Waals surface area contributed by atoms with Crippen LogP contribution < -0.4 is 10.2 Å². The molecule has 0 saturated carbocycles. The van der Waals surface area contributed by atoms with Gasteiger partial charge in [0.1, 0.15) is 17.3 Å². The van der Waals surface area contributed by atoms with Crippen LogP contribution in [-0.4, -0.2) is 6.21 Å². The normalized spacial score (nSPS) is 10.7. The molecule has 0 aliphatic heterocycles. The Balaban J connectivity index is 1.79. The number of halogens is 1. The summed E-state index contributed by atoms with van der Waals surface area (Å²) in [6.45, 7) is 0. The average molecular weight is 306 g/mol. The maximum absolute atomic E-state index is 13.5. The molecule has 0 atom stereocenters. The number of para-hydroxylation sites is 2. The molecule has 0 amide bonds. The van der Waals surface area contributed by atoms with Crippen LogP contribution in [0.3, 0.4) is 0 Å². The molecule has 3 aromatic carbocycles. The van der Waals surface area contributed by atoms with E-state index in [1.165, 1.54) is 12.1 Å². The number of nitrogens with zero attached hydrogens (tertiary/aromatic N) is 1. The summed E-state index contributed by atoms with van der Waals surface area (Å²) in [4.78, 5) is 0. The highest BCUT2D eigenvalue weighted by atomic mass is 19.1. The van der Waals surface area contributed by atoms with E-state index < -0.39 is 0 Å². The smallest absolute Gasteiger partial charge is 0.139 e. The van der Waals surface area contributed by atoms with Crippen molar-refractivity contribution >= 4 is 11.9 Å². The molecule has 0 unspecified atom stereocenters. The van der Waals surface area contributed by atoms with Crippen molar-refractivity contribution < 1.29 is 9.13 Å². The minimum Gasteiger partial charge on any atom is -0.457 e. The summed E-state index contributed by atoms with van der Waals surface area (Å²) >= 11 is 0. The van der Waals surface area contributed by atoms with Gasteiger partial charge in [0.25, 0.3) is 0 Å². The van der Waals surface area contributed by atoms with Gasteiger partial charge < -0.3 is 4.74 Å². The zero-order chi connectivity index (χ0) is 15.9. The van der Waals surface area contributed by atoms with Crippen molar-refractivity contribution in [3.05, 3.63) is 90.2 Å². The minimum atomic E-state index is -0.357. The first-order valence-electron chi connectivity index (χ1n) is 7.18. The predicted molar refractivity (Wildman–Crippen MR) is 90.6 cm³/mol. The second kappa shape index (κ2) is 7.22. The van der Waals surface area contributed by atoms with Gasteiger partial charge in [-0.15, -0.1) is 0 Å². The Hall–Kier alpha value is -3.14. The van der Waals surface area contributed by atoms with E-state index in [1.807, 2.05) is 60.7 Å². The van der Waals surface area contributed by atoms with E-state index in [4.69, 9.17) is 4.74 Å². The summed E-state index contributed by atoms with van der Waals surface area (Å²) < 4.78 is 19.2. The van der Waals surface area contributed by atoms with Crippen molar-refractivity contribution in [2.75, 3.05) is 5.43 Å². The minimum absolute atomic E-state index is 0.357. The zero-order valence-corrected chi connectivity index (χ0v) is 12.3. The Labute approximate surface area is 134 Å². The second-order valence-electron chi connectivity index (χ2n) is 4.83. The average Bonchev–Trinajstić information content (AvgIpc) is 2.59. The van der Waals surface area contributed by atoms with Crippen molar-refractivity contribution in [1.29, 1.82) is 0 Å².